The molecule has 1 aromatic rings. The van der Waals surface area contributed by atoms with Crippen molar-refractivity contribution in [1.82, 2.24) is 5.32 Å². The fraction of sp³-hybridized carbons (Fsp3) is 0.625. The topological polar surface area (TPSA) is 12.0 Å². The van der Waals surface area contributed by atoms with Gasteiger partial charge in [-0.25, -0.2) is 0 Å². The third-order valence-corrected chi connectivity index (χ3v) is 4.32. The molecule has 0 heterocycles. The number of hydrogen-bond donors (Lipinski definition) is 1. The second-order valence-electron chi connectivity index (χ2n) is 6.17. The molecule has 0 radical (unpaired) electrons. The van der Waals surface area contributed by atoms with Crippen LogP contribution >= 0.6 is 0 Å². The first kappa shape index (κ1) is 11.3. The van der Waals surface area contributed by atoms with E-state index < -0.39 is 0 Å². The highest BCUT2D eigenvalue weighted by Crippen LogP contribution is 2.42. The van der Waals surface area contributed by atoms with Crippen LogP contribution in [0.1, 0.15) is 49.8 Å². The zero-order chi connectivity index (χ0) is 11.8. The summed E-state index contributed by atoms with van der Waals surface area (Å²) in [5.41, 5.74) is 2.86. The van der Waals surface area contributed by atoms with Crippen molar-refractivity contribution >= 4 is 0 Å². The molecule has 17 heavy (non-hydrogen) atoms. The van der Waals surface area contributed by atoms with E-state index in [1.165, 1.54) is 36.8 Å². The van der Waals surface area contributed by atoms with Crippen molar-refractivity contribution in [2.75, 3.05) is 0 Å². The number of rotatable bonds is 4. The third kappa shape index (κ3) is 2.55. The molecule has 1 nitrogen and oxygen atoms in total. The van der Waals surface area contributed by atoms with Crippen LogP contribution < -0.4 is 5.32 Å². The van der Waals surface area contributed by atoms with E-state index in [4.69, 9.17) is 0 Å². The van der Waals surface area contributed by atoms with Crippen molar-refractivity contribution in [1.29, 1.82) is 0 Å². The van der Waals surface area contributed by atoms with Gasteiger partial charge in [-0.15, -0.1) is 0 Å². The van der Waals surface area contributed by atoms with E-state index >= 15 is 0 Å². The van der Waals surface area contributed by atoms with Gasteiger partial charge < -0.3 is 5.32 Å². The van der Waals surface area contributed by atoms with Gasteiger partial charge in [0.15, 0.2) is 0 Å². The zero-order valence-corrected chi connectivity index (χ0v) is 10.9. The lowest BCUT2D eigenvalue weighted by molar-refractivity contribution is 0.215. The molecule has 1 atom stereocenters. The molecule has 2 aliphatic rings. The molecule has 0 bridgehead atoms. The fourth-order valence-electron chi connectivity index (χ4n) is 3.00. The second kappa shape index (κ2) is 4.45. The van der Waals surface area contributed by atoms with Crippen molar-refractivity contribution < 1.29 is 0 Å². The maximum atomic E-state index is 3.88. The maximum absolute atomic E-state index is 3.88. The highest BCUT2D eigenvalue weighted by atomic mass is 15.0. The van der Waals surface area contributed by atoms with Crippen molar-refractivity contribution in [3.8, 4) is 0 Å². The quantitative estimate of drug-likeness (QED) is 0.827. The Balaban J connectivity index is 1.69. The molecule has 2 fully saturated rings. The van der Waals surface area contributed by atoms with Crippen LogP contribution in [0.2, 0.25) is 0 Å². The largest absolute Gasteiger partial charge is 0.307 e. The summed E-state index contributed by atoms with van der Waals surface area (Å²) in [6.45, 7) is 4.52. The average Bonchev–Trinajstić information content (AvgIpc) is 3.08. The highest BCUT2D eigenvalue weighted by molar-refractivity contribution is 5.25. The summed E-state index contributed by atoms with van der Waals surface area (Å²) in [5.74, 6) is 1.83. The van der Waals surface area contributed by atoms with E-state index in [0.29, 0.717) is 6.04 Å². The van der Waals surface area contributed by atoms with Crippen LogP contribution in [0.25, 0.3) is 0 Å². The molecule has 0 spiro atoms. The molecule has 2 saturated carbocycles. The first-order valence-electron chi connectivity index (χ1n) is 7.05. The van der Waals surface area contributed by atoms with Crippen LogP contribution in [0.15, 0.2) is 24.3 Å². The van der Waals surface area contributed by atoms with E-state index in [0.717, 1.165) is 17.9 Å². The Morgan fingerprint density at radius 2 is 1.76 bits per heavy atom. The third-order valence-electron chi connectivity index (χ3n) is 4.32. The lowest BCUT2D eigenvalue weighted by Crippen LogP contribution is -2.42. The molecule has 2 aliphatic carbocycles. The summed E-state index contributed by atoms with van der Waals surface area (Å²) < 4.78 is 0. The minimum absolute atomic E-state index is 0.619. The SMILES string of the molecule is Cc1ccc(C(NC2CC(C)C2)C2CC2)cc1. The molecule has 1 heteroatoms. The molecule has 0 aliphatic heterocycles. The number of nitrogens with one attached hydrogen (secondary N) is 1. The first-order valence-corrected chi connectivity index (χ1v) is 7.05. The van der Waals surface area contributed by atoms with Gasteiger partial charge >= 0.3 is 0 Å². The molecular weight excluding hydrogens is 206 g/mol. The normalized spacial score (nSPS) is 29.8. The van der Waals surface area contributed by atoms with Crippen molar-refractivity contribution in [3.05, 3.63) is 35.4 Å². The molecule has 1 aromatic carbocycles. The van der Waals surface area contributed by atoms with Crippen molar-refractivity contribution in [2.24, 2.45) is 11.8 Å². The first-order chi connectivity index (χ1) is 8.22. The molecule has 92 valence electrons. The summed E-state index contributed by atoms with van der Waals surface area (Å²) in [5, 5.41) is 3.88. The minimum atomic E-state index is 0.619. The van der Waals surface area contributed by atoms with Crippen LogP contribution in [-0.2, 0) is 0 Å². The van der Waals surface area contributed by atoms with Crippen LogP contribution in [0, 0.1) is 18.8 Å². The second-order valence-corrected chi connectivity index (χ2v) is 6.17. The van der Waals surface area contributed by atoms with Gasteiger partial charge in [-0.1, -0.05) is 36.8 Å². The van der Waals surface area contributed by atoms with Crippen LogP contribution in [0.5, 0.6) is 0 Å². The molecule has 0 saturated heterocycles. The minimum Gasteiger partial charge on any atom is -0.307 e. The number of benzene rings is 1. The summed E-state index contributed by atoms with van der Waals surface area (Å²) in [4.78, 5) is 0. The Morgan fingerprint density at radius 3 is 2.29 bits per heavy atom. The lowest BCUT2D eigenvalue weighted by atomic mass is 9.81. The van der Waals surface area contributed by atoms with Crippen LogP contribution in [-0.4, -0.2) is 6.04 Å². The van der Waals surface area contributed by atoms with E-state index in [1.807, 2.05) is 0 Å². The Hall–Kier alpha value is -0.820. The molecule has 3 rings (SSSR count). The Labute approximate surface area is 105 Å². The molecule has 0 amide bonds. The predicted octanol–water partition coefficient (Wildman–Crippen LogP) is 3.83. The molecule has 1 unspecified atom stereocenters. The van der Waals surface area contributed by atoms with E-state index in [-0.39, 0.29) is 0 Å². The average molecular weight is 229 g/mol. The number of aryl methyl sites for hydroxylation is 1. The van der Waals surface area contributed by atoms with E-state index in [9.17, 15) is 0 Å². The van der Waals surface area contributed by atoms with Gasteiger partial charge in [-0.05, 0) is 50.0 Å². The van der Waals surface area contributed by atoms with Gasteiger partial charge in [-0.3, -0.25) is 0 Å². The predicted molar refractivity (Wildman–Crippen MR) is 72.0 cm³/mol. The van der Waals surface area contributed by atoms with Crippen molar-refractivity contribution in [3.63, 3.8) is 0 Å². The highest BCUT2D eigenvalue weighted by Gasteiger charge is 2.36. The maximum Gasteiger partial charge on any atom is 0.0351 e. The van der Waals surface area contributed by atoms with Crippen LogP contribution in [0.3, 0.4) is 0 Å². The summed E-state index contributed by atoms with van der Waals surface area (Å²) >= 11 is 0. The van der Waals surface area contributed by atoms with Gasteiger partial charge in [0.25, 0.3) is 0 Å². The smallest absolute Gasteiger partial charge is 0.0351 e. The Kier molecular flexibility index (Phi) is 2.96. The summed E-state index contributed by atoms with van der Waals surface area (Å²) in [6.07, 6.45) is 5.56. The zero-order valence-electron chi connectivity index (χ0n) is 10.9. The lowest BCUT2D eigenvalue weighted by Gasteiger charge is -2.37. The number of hydrogen-bond acceptors (Lipinski definition) is 1. The van der Waals surface area contributed by atoms with E-state index in [1.54, 1.807) is 0 Å². The Bertz CT molecular complexity index is 371. The summed E-state index contributed by atoms with van der Waals surface area (Å²) in [7, 11) is 0. The van der Waals surface area contributed by atoms with Crippen molar-refractivity contribution in [2.45, 2.75) is 51.6 Å². The molecule has 1 N–H and O–H groups in total. The van der Waals surface area contributed by atoms with Gasteiger partial charge in [0.05, 0.1) is 0 Å². The van der Waals surface area contributed by atoms with Gasteiger partial charge in [0.1, 0.15) is 0 Å². The Morgan fingerprint density at radius 1 is 1.12 bits per heavy atom. The standard InChI is InChI=1S/C16H23N/c1-11-3-5-13(6-4-11)16(14-7-8-14)17-15-9-12(2)10-15/h3-6,12,14-17H,7-10H2,1-2H3. The molecular formula is C16H23N. The molecule has 0 aromatic heterocycles. The van der Waals surface area contributed by atoms with Gasteiger partial charge in [-0.2, -0.15) is 0 Å². The fourth-order valence-corrected chi connectivity index (χ4v) is 3.00. The van der Waals surface area contributed by atoms with Gasteiger partial charge in [0.2, 0.25) is 0 Å². The summed E-state index contributed by atoms with van der Waals surface area (Å²) in [6, 6.07) is 10.5. The monoisotopic (exact) mass is 229 g/mol. The van der Waals surface area contributed by atoms with Crippen LogP contribution in [0.4, 0.5) is 0 Å². The van der Waals surface area contributed by atoms with Gasteiger partial charge in [0, 0.05) is 12.1 Å². The van der Waals surface area contributed by atoms with E-state index in [2.05, 4.69) is 43.4 Å².